The first-order valence-corrected chi connectivity index (χ1v) is 4.33. The van der Waals surface area contributed by atoms with Gasteiger partial charge in [0.2, 0.25) is 0 Å². The molecule has 0 aliphatic carbocycles. The molecule has 1 atom stereocenters. The molecule has 0 bridgehead atoms. The number of nitrogens with zero attached hydrogens (tertiary/aromatic N) is 1. The molecule has 0 fully saturated rings. The topological polar surface area (TPSA) is 38.9 Å². The Morgan fingerprint density at radius 3 is 2.27 bits per heavy atom. The van der Waals surface area contributed by atoms with Crippen molar-refractivity contribution in [3.05, 3.63) is 27.8 Å². The maximum atomic E-state index is 12.8. The lowest BCUT2D eigenvalue weighted by molar-refractivity contribution is -0.149. The Balaban J connectivity index is 3.21. The fourth-order valence-electron chi connectivity index (χ4n) is 0.854. The predicted molar refractivity (Wildman–Crippen MR) is 47.2 cm³/mol. The summed E-state index contributed by atoms with van der Waals surface area (Å²) >= 11 is 10.6. The fourth-order valence-corrected chi connectivity index (χ4v) is 1.29. The number of nitrogens with two attached hydrogens (primary N) is 1. The van der Waals surface area contributed by atoms with E-state index in [2.05, 4.69) is 4.98 Å². The molecule has 0 saturated heterocycles. The number of rotatable bonds is 1. The molecule has 0 aliphatic rings. The van der Waals surface area contributed by atoms with Gasteiger partial charge in [-0.1, -0.05) is 23.2 Å². The number of hydrogen-bond acceptors (Lipinski definition) is 2. The summed E-state index contributed by atoms with van der Waals surface area (Å²) in [7, 11) is 0. The minimum absolute atomic E-state index is 0.524. The van der Waals surface area contributed by atoms with Crippen molar-refractivity contribution in [3.63, 3.8) is 0 Å². The van der Waals surface area contributed by atoms with Gasteiger partial charge in [0.1, 0.15) is 11.2 Å². The Bertz CT molecular complexity index is 380. The van der Waals surface area contributed by atoms with Crippen LogP contribution in [0.3, 0.4) is 0 Å². The maximum absolute atomic E-state index is 12.8. The largest absolute Gasteiger partial charge is 0.407 e. The van der Waals surface area contributed by atoms with E-state index >= 15 is 0 Å². The summed E-state index contributed by atoms with van der Waals surface area (Å²) in [5.74, 6) is -1.10. The molecule has 1 unspecified atom stereocenters. The molecular formula is C7H4Cl2F4N2. The van der Waals surface area contributed by atoms with Crippen molar-refractivity contribution in [2.24, 2.45) is 5.73 Å². The Labute approximate surface area is 92.0 Å². The fraction of sp³-hybridized carbons (Fsp3) is 0.286. The monoisotopic (exact) mass is 262 g/mol. The van der Waals surface area contributed by atoms with Crippen molar-refractivity contribution < 1.29 is 17.6 Å². The van der Waals surface area contributed by atoms with Gasteiger partial charge in [0.05, 0.1) is 0 Å². The molecule has 8 heteroatoms. The Morgan fingerprint density at radius 2 is 1.80 bits per heavy atom. The van der Waals surface area contributed by atoms with Gasteiger partial charge in [0.25, 0.3) is 0 Å². The highest BCUT2D eigenvalue weighted by atomic mass is 35.5. The molecule has 84 valence electrons. The standard InChI is InChI=1S/C7H4Cl2F4N2/c8-5-2(4(14)7(11,12)13)1-3(10)6(9)15-5/h1,4H,14H2. The number of pyridine rings is 1. The zero-order chi connectivity index (χ0) is 11.8. The molecule has 0 aliphatic heterocycles. The minimum atomic E-state index is -4.72. The smallest absolute Gasteiger partial charge is 0.316 e. The van der Waals surface area contributed by atoms with Crippen LogP contribution in [0.4, 0.5) is 17.6 Å². The first-order valence-electron chi connectivity index (χ1n) is 3.57. The van der Waals surface area contributed by atoms with E-state index in [1.54, 1.807) is 0 Å². The highest BCUT2D eigenvalue weighted by Crippen LogP contribution is 2.34. The van der Waals surface area contributed by atoms with Gasteiger partial charge < -0.3 is 5.73 Å². The van der Waals surface area contributed by atoms with E-state index in [-0.39, 0.29) is 0 Å². The summed E-state index contributed by atoms with van der Waals surface area (Å²) < 4.78 is 49.4. The molecule has 1 aromatic rings. The zero-order valence-corrected chi connectivity index (χ0v) is 8.46. The molecule has 1 rings (SSSR count). The van der Waals surface area contributed by atoms with Crippen LogP contribution in [0, 0.1) is 5.82 Å². The third kappa shape index (κ3) is 2.70. The number of halogens is 6. The van der Waals surface area contributed by atoms with Crippen LogP contribution >= 0.6 is 23.2 Å². The first-order chi connectivity index (χ1) is 6.73. The van der Waals surface area contributed by atoms with Crippen LogP contribution in [0.2, 0.25) is 10.3 Å². The number of aromatic nitrogens is 1. The van der Waals surface area contributed by atoms with Crippen molar-refractivity contribution >= 4 is 23.2 Å². The van der Waals surface area contributed by atoms with E-state index in [9.17, 15) is 17.6 Å². The molecule has 0 amide bonds. The van der Waals surface area contributed by atoms with E-state index in [1.807, 2.05) is 0 Å². The quantitative estimate of drug-likeness (QED) is 0.624. The zero-order valence-electron chi connectivity index (χ0n) is 6.95. The maximum Gasteiger partial charge on any atom is 0.407 e. The highest BCUT2D eigenvalue weighted by molar-refractivity contribution is 6.33. The Morgan fingerprint density at radius 1 is 1.27 bits per heavy atom. The third-order valence-electron chi connectivity index (χ3n) is 1.60. The minimum Gasteiger partial charge on any atom is -0.316 e. The van der Waals surface area contributed by atoms with Gasteiger partial charge in [-0.15, -0.1) is 0 Å². The van der Waals surface area contributed by atoms with Gasteiger partial charge in [-0.2, -0.15) is 13.2 Å². The predicted octanol–water partition coefficient (Wildman–Crippen LogP) is 3.09. The van der Waals surface area contributed by atoms with Gasteiger partial charge in [0, 0.05) is 5.56 Å². The lowest BCUT2D eigenvalue weighted by atomic mass is 10.1. The van der Waals surface area contributed by atoms with Gasteiger partial charge in [-0.3, -0.25) is 0 Å². The molecule has 0 saturated carbocycles. The Hall–Kier alpha value is -0.590. The molecular weight excluding hydrogens is 259 g/mol. The molecule has 0 spiro atoms. The summed E-state index contributed by atoms with van der Waals surface area (Å²) in [6, 6.07) is -1.86. The van der Waals surface area contributed by atoms with E-state index in [1.165, 1.54) is 0 Å². The average molecular weight is 263 g/mol. The second-order valence-corrected chi connectivity index (χ2v) is 3.38. The molecule has 2 N–H and O–H groups in total. The number of hydrogen-bond donors (Lipinski definition) is 1. The van der Waals surface area contributed by atoms with Gasteiger partial charge in [-0.25, -0.2) is 9.37 Å². The molecule has 15 heavy (non-hydrogen) atoms. The summed E-state index contributed by atoms with van der Waals surface area (Å²) in [5.41, 5.74) is 4.19. The second-order valence-electron chi connectivity index (χ2n) is 2.66. The van der Waals surface area contributed by atoms with Crippen molar-refractivity contribution in [3.8, 4) is 0 Å². The second kappa shape index (κ2) is 4.11. The van der Waals surface area contributed by atoms with E-state index < -0.39 is 33.9 Å². The normalized spacial score (nSPS) is 14.1. The number of alkyl halides is 3. The molecule has 0 aromatic carbocycles. The van der Waals surface area contributed by atoms with E-state index in [0.29, 0.717) is 6.07 Å². The third-order valence-corrected chi connectivity index (χ3v) is 2.17. The summed E-state index contributed by atoms with van der Waals surface area (Å²) in [5, 5.41) is -1.16. The summed E-state index contributed by atoms with van der Waals surface area (Å²) in [4.78, 5) is 3.18. The molecule has 0 radical (unpaired) electrons. The van der Waals surface area contributed by atoms with Crippen LogP contribution in [-0.2, 0) is 0 Å². The lowest BCUT2D eigenvalue weighted by Crippen LogP contribution is -2.29. The van der Waals surface area contributed by atoms with Gasteiger partial charge in [-0.05, 0) is 6.07 Å². The Kier molecular flexibility index (Phi) is 3.42. The SMILES string of the molecule is NC(c1cc(F)c(Cl)nc1Cl)C(F)(F)F. The van der Waals surface area contributed by atoms with E-state index in [4.69, 9.17) is 28.9 Å². The van der Waals surface area contributed by atoms with Crippen LogP contribution in [0.5, 0.6) is 0 Å². The van der Waals surface area contributed by atoms with Gasteiger partial charge in [0.15, 0.2) is 11.0 Å². The highest BCUT2D eigenvalue weighted by Gasteiger charge is 2.39. The van der Waals surface area contributed by atoms with Crippen molar-refractivity contribution in [1.29, 1.82) is 0 Å². The lowest BCUT2D eigenvalue weighted by Gasteiger charge is -2.16. The molecule has 1 heterocycles. The molecule has 2 nitrogen and oxygen atoms in total. The first kappa shape index (κ1) is 12.5. The summed E-state index contributed by atoms with van der Waals surface area (Å²) in [6.07, 6.45) is -4.72. The van der Waals surface area contributed by atoms with Crippen LogP contribution in [0.1, 0.15) is 11.6 Å². The van der Waals surface area contributed by atoms with Crippen LogP contribution < -0.4 is 5.73 Å². The van der Waals surface area contributed by atoms with E-state index in [0.717, 1.165) is 0 Å². The van der Waals surface area contributed by atoms with Crippen molar-refractivity contribution in [2.45, 2.75) is 12.2 Å². The van der Waals surface area contributed by atoms with Crippen molar-refractivity contribution in [2.75, 3.05) is 0 Å². The van der Waals surface area contributed by atoms with Crippen LogP contribution in [-0.4, -0.2) is 11.2 Å². The molecule has 1 aromatic heterocycles. The van der Waals surface area contributed by atoms with Crippen LogP contribution in [0.15, 0.2) is 6.07 Å². The van der Waals surface area contributed by atoms with Gasteiger partial charge >= 0.3 is 6.18 Å². The summed E-state index contributed by atoms with van der Waals surface area (Å²) in [6.45, 7) is 0. The average Bonchev–Trinajstić information content (AvgIpc) is 2.08. The van der Waals surface area contributed by atoms with Crippen LogP contribution in [0.25, 0.3) is 0 Å². The van der Waals surface area contributed by atoms with Crippen molar-refractivity contribution in [1.82, 2.24) is 4.98 Å².